The molecule has 0 bridgehead atoms. The molecule has 0 rings (SSSR count). The number of phosphoric acid groups is 2. The first-order valence-electron chi connectivity index (χ1n) is 41.6. The van der Waals surface area contributed by atoms with Crippen LogP contribution in [0.15, 0.2) is 0 Å². The van der Waals surface area contributed by atoms with E-state index in [0.717, 1.165) is 95.8 Å². The van der Waals surface area contributed by atoms with E-state index in [1.165, 1.54) is 250 Å². The highest BCUT2D eigenvalue weighted by molar-refractivity contribution is 7.47. The van der Waals surface area contributed by atoms with Gasteiger partial charge in [-0.3, -0.25) is 37.3 Å². The van der Waals surface area contributed by atoms with Crippen molar-refractivity contribution in [3.63, 3.8) is 0 Å². The topological polar surface area (TPSA) is 237 Å². The number of hydrogen-bond donors (Lipinski definition) is 3. The van der Waals surface area contributed by atoms with E-state index < -0.39 is 97.5 Å². The van der Waals surface area contributed by atoms with Crippen LogP contribution in [-0.4, -0.2) is 96.7 Å². The Morgan fingerprint density at radius 1 is 0.273 bits per heavy atom. The lowest BCUT2D eigenvalue weighted by Crippen LogP contribution is -2.30. The number of esters is 4. The second kappa shape index (κ2) is 73.0. The van der Waals surface area contributed by atoms with E-state index in [0.29, 0.717) is 25.7 Å². The molecule has 19 heteroatoms. The zero-order valence-corrected chi connectivity index (χ0v) is 66.4. The third kappa shape index (κ3) is 74.1. The van der Waals surface area contributed by atoms with Crippen LogP contribution in [0.4, 0.5) is 0 Å². The summed E-state index contributed by atoms with van der Waals surface area (Å²) in [6, 6.07) is 0. The van der Waals surface area contributed by atoms with Gasteiger partial charge in [-0.05, 0) is 31.6 Å². The standard InChI is InChI=1S/C80H156O17P2/c1-6-9-12-15-18-21-24-27-29-31-34-41-46-51-56-61-66-80(85)97-76(70-91-78(83)64-59-54-49-44-39-36-35-37-42-47-52-57-62-73(4)5)72-95-99(88,89)93-68-74(81)67-92-98(86,87)94-71-75(69-90-77(82)63-58-53-48-43-38-32-26-23-20-17-14-11-8-3)96-79(84)65-60-55-50-45-40-33-30-28-25-22-19-16-13-10-7-2/h73-76,81H,6-72H2,1-5H3,(H,86,87)(H,88,89)/t74-,75+,76+/m0/s1. The molecule has 588 valence electrons. The van der Waals surface area contributed by atoms with E-state index in [2.05, 4.69) is 34.6 Å². The maximum absolute atomic E-state index is 13.1. The van der Waals surface area contributed by atoms with Gasteiger partial charge in [0.15, 0.2) is 12.2 Å². The summed E-state index contributed by atoms with van der Waals surface area (Å²) in [5.41, 5.74) is 0. The van der Waals surface area contributed by atoms with Gasteiger partial charge in [-0.25, -0.2) is 9.13 Å². The molecular weight excluding hydrogens is 1290 g/mol. The summed E-state index contributed by atoms with van der Waals surface area (Å²) in [7, 11) is -9.92. The van der Waals surface area contributed by atoms with Crippen LogP contribution in [0.1, 0.15) is 426 Å². The third-order valence-electron chi connectivity index (χ3n) is 18.8. The largest absolute Gasteiger partial charge is 0.472 e. The molecule has 0 saturated heterocycles. The van der Waals surface area contributed by atoms with Crippen molar-refractivity contribution in [2.24, 2.45) is 5.92 Å². The molecule has 5 atom stereocenters. The van der Waals surface area contributed by atoms with Crippen LogP contribution in [0.3, 0.4) is 0 Å². The zero-order chi connectivity index (χ0) is 72.7. The second-order valence-corrected chi connectivity index (χ2v) is 32.2. The van der Waals surface area contributed by atoms with Crippen LogP contribution in [0, 0.1) is 5.92 Å². The fourth-order valence-corrected chi connectivity index (χ4v) is 14.0. The van der Waals surface area contributed by atoms with Gasteiger partial charge in [0.05, 0.1) is 26.4 Å². The fraction of sp³-hybridized carbons (Fsp3) is 0.950. The number of unbranched alkanes of at least 4 members (excludes halogenated alkanes) is 52. The van der Waals surface area contributed by atoms with Gasteiger partial charge in [-0.15, -0.1) is 0 Å². The number of hydrogen-bond acceptors (Lipinski definition) is 15. The lowest BCUT2D eigenvalue weighted by Gasteiger charge is -2.21. The van der Waals surface area contributed by atoms with Crippen LogP contribution in [-0.2, 0) is 65.4 Å². The Morgan fingerprint density at radius 3 is 0.687 bits per heavy atom. The number of aliphatic hydroxyl groups is 1. The highest BCUT2D eigenvalue weighted by Crippen LogP contribution is 2.45. The summed E-state index contributed by atoms with van der Waals surface area (Å²) < 4.78 is 68.7. The van der Waals surface area contributed by atoms with E-state index >= 15 is 0 Å². The van der Waals surface area contributed by atoms with Crippen LogP contribution in [0.5, 0.6) is 0 Å². The maximum atomic E-state index is 13.1. The van der Waals surface area contributed by atoms with E-state index in [9.17, 15) is 43.2 Å². The monoisotopic (exact) mass is 1450 g/mol. The molecule has 99 heavy (non-hydrogen) atoms. The first-order valence-corrected chi connectivity index (χ1v) is 44.6. The molecule has 0 saturated carbocycles. The normalized spacial score (nSPS) is 13.9. The zero-order valence-electron chi connectivity index (χ0n) is 64.6. The van der Waals surface area contributed by atoms with Crippen LogP contribution >= 0.6 is 15.6 Å². The van der Waals surface area contributed by atoms with Gasteiger partial charge in [-0.2, -0.15) is 0 Å². The van der Waals surface area contributed by atoms with E-state index in [1.54, 1.807) is 0 Å². The Labute approximate surface area is 607 Å². The number of carbonyl (C=O) groups is 4. The van der Waals surface area contributed by atoms with Crippen molar-refractivity contribution in [3.05, 3.63) is 0 Å². The number of aliphatic hydroxyl groups excluding tert-OH is 1. The van der Waals surface area contributed by atoms with Gasteiger partial charge in [0.25, 0.3) is 0 Å². The summed E-state index contributed by atoms with van der Waals surface area (Å²) in [5.74, 6) is -1.32. The summed E-state index contributed by atoms with van der Waals surface area (Å²) in [6.07, 6.45) is 63.6. The van der Waals surface area contributed by atoms with Gasteiger partial charge >= 0.3 is 39.5 Å². The third-order valence-corrected chi connectivity index (χ3v) is 20.7. The average Bonchev–Trinajstić information content (AvgIpc) is 1.02. The quantitative estimate of drug-likeness (QED) is 0.0222. The molecule has 0 fully saturated rings. The predicted octanol–water partition coefficient (Wildman–Crippen LogP) is 24.0. The highest BCUT2D eigenvalue weighted by Gasteiger charge is 2.30. The molecule has 0 aromatic rings. The van der Waals surface area contributed by atoms with Gasteiger partial charge < -0.3 is 33.8 Å². The molecule has 0 heterocycles. The minimum atomic E-state index is -4.96. The van der Waals surface area contributed by atoms with E-state index in [4.69, 9.17) is 37.0 Å². The van der Waals surface area contributed by atoms with Gasteiger partial charge in [0.1, 0.15) is 19.3 Å². The van der Waals surface area contributed by atoms with Gasteiger partial charge in [-0.1, -0.05) is 375 Å². The summed E-state index contributed by atoms with van der Waals surface area (Å²) in [5, 5.41) is 10.6. The van der Waals surface area contributed by atoms with Crippen LogP contribution in [0.2, 0.25) is 0 Å². The molecule has 0 spiro atoms. The minimum absolute atomic E-state index is 0.109. The number of ether oxygens (including phenoxy) is 4. The second-order valence-electron chi connectivity index (χ2n) is 29.3. The summed E-state index contributed by atoms with van der Waals surface area (Å²) in [4.78, 5) is 73.0. The molecule has 0 radical (unpaired) electrons. The molecule has 0 aliphatic carbocycles. The van der Waals surface area contributed by atoms with Crippen molar-refractivity contribution in [2.75, 3.05) is 39.6 Å². The Balaban J connectivity index is 5.27. The molecule has 0 amide bonds. The van der Waals surface area contributed by atoms with Crippen molar-refractivity contribution >= 4 is 39.5 Å². The highest BCUT2D eigenvalue weighted by atomic mass is 31.2. The number of carbonyl (C=O) groups excluding carboxylic acids is 4. The molecule has 0 aliphatic rings. The average molecular weight is 1450 g/mol. The van der Waals surface area contributed by atoms with Crippen LogP contribution in [0.25, 0.3) is 0 Å². The minimum Gasteiger partial charge on any atom is -0.462 e. The Morgan fingerprint density at radius 2 is 0.465 bits per heavy atom. The molecular formula is C80H156O17P2. The lowest BCUT2D eigenvalue weighted by molar-refractivity contribution is -0.161. The molecule has 0 aromatic heterocycles. The fourth-order valence-electron chi connectivity index (χ4n) is 12.4. The number of rotatable bonds is 80. The molecule has 3 N–H and O–H groups in total. The summed E-state index contributed by atoms with van der Waals surface area (Å²) >= 11 is 0. The SMILES string of the molecule is CCCCCCCCCCCCCCCCCCC(=O)O[C@H](COC(=O)CCCCCCCCCCCCCCC(C)C)COP(=O)(O)OC[C@@H](O)COP(=O)(O)OC[C@@H](COC(=O)CCCCCCCCCCCCCCC)OC(=O)CCCCCCCCCCCCCCCCC. The van der Waals surface area contributed by atoms with E-state index in [1.807, 2.05) is 0 Å². The summed E-state index contributed by atoms with van der Waals surface area (Å²) in [6.45, 7) is 7.35. The first kappa shape index (κ1) is 97.1. The Hall–Kier alpha value is -1.94. The van der Waals surface area contributed by atoms with E-state index in [-0.39, 0.29) is 25.7 Å². The van der Waals surface area contributed by atoms with Gasteiger partial charge in [0.2, 0.25) is 0 Å². The van der Waals surface area contributed by atoms with Crippen molar-refractivity contribution in [1.82, 2.24) is 0 Å². The van der Waals surface area contributed by atoms with Crippen LogP contribution < -0.4 is 0 Å². The molecule has 0 aliphatic heterocycles. The van der Waals surface area contributed by atoms with Crippen molar-refractivity contribution in [1.29, 1.82) is 0 Å². The first-order chi connectivity index (χ1) is 48.0. The smallest absolute Gasteiger partial charge is 0.462 e. The molecule has 2 unspecified atom stereocenters. The lowest BCUT2D eigenvalue weighted by atomic mass is 10.0. The molecule has 0 aromatic carbocycles. The Bertz CT molecular complexity index is 1890. The maximum Gasteiger partial charge on any atom is 0.472 e. The Kier molecular flexibility index (Phi) is 71.6. The van der Waals surface area contributed by atoms with Crippen molar-refractivity contribution in [3.8, 4) is 0 Å². The van der Waals surface area contributed by atoms with Crippen molar-refractivity contribution < 1.29 is 80.2 Å². The predicted molar refractivity (Wildman–Crippen MR) is 405 cm³/mol. The molecule has 17 nitrogen and oxygen atoms in total. The van der Waals surface area contributed by atoms with Gasteiger partial charge in [0, 0.05) is 25.7 Å². The van der Waals surface area contributed by atoms with Crippen molar-refractivity contribution in [2.45, 2.75) is 445 Å². The number of phosphoric ester groups is 2.